The number of nitrogens with zero attached hydrogens (tertiary/aromatic N) is 1. The highest BCUT2D eigenvalue weighted by Gasteiger charge is 2.13. The second kappa shape index (κ2) is 5.82. The van der Waals surface area contributed by atoms with E-state index in [0.29, 0.717) is 6.04 Å². The maximum Gasteiger partial charge on any atom is 0.269 e. The van der Waals surface area contributed by atoms with Crippen molar-refractivity contribution in [2.75, 3.05) is 18.4 Å². The van der Waals surface area contributed by atoms with Gasteiger partial charge in [-0.1, -0.05) is 0 Å². The first-order valence-electron chi connectivity index (χ1n) is 6.39. The van der Waals surface area contributed by atoms with E-state index in [1.54, 1.807) is 18.2 Å². The molecule has 1 atom stereocenters. The lowest BCUT2D eigenvalue weighted by atomic mass is 10.1. The van der Waals surface area contributed by atoms with Crippen molar-refractivity contribution in [2.45, 2.75) is 32.2 Å². The first-order valence-corrected chi connectivity index (χ1v) is 6.39. The summed E-state index contributed by atoms with van der Waals surface area (Å²) in [5.41, 5.74) is 2.05. The first-order chi connectivity index (χ1) is 8.66. The number of aryl methyl sites for hydroxylation is 1. The fourth-order valence-corrected chi connectivity index (χ4v) is 2.34. The van der Waals surface area contributed by atoms with Gasteiger partial charge in [-0.05, 0) is 44.4 Å². The maximum atomic E-state index is 10.6. The van der Waals surface area contributed by atoms with Gasteiger partial charge in [0.15, 0.2) is 0 Å². The number of hydrogen-bond acceptors (Lipinski definition) is 4. The minimum Gasteiger partial charge on any atom is -0.385 e. The van der Waals surface area contributed by atoms with E-state index >= 15 is 0 Å². The zero-order valence-electron chi connectivity index (χ0n) is 10.6. The number of benzene rings is 1. The lowest BCUT2D eigenvalue weighted by molar-refractivity contribution is -0.384. The Morgan fingerprint density at radius 1 is 1.56 bits per heavy atom. The highest BCUT2D eigenvalue weighted by Crippen LogP contribution is 2.21. The molecule has 0 unspecified atom stereocenters. The van der Waals surface area contributed by atoms with Crippen molar-refractivity contribution in [3.05, 3.63) is 33.9 Å². The maximum absolute atomic E-state index is 10.6. The molecular formula is C13H19N3O2. The molecular weight excluding hydrogens is 230 g/mol. The predicted molar refractivity (Wildman–Crippen MR) is 72.0 cm³/mol. The molecule has 0 aromatic heterocycles. The molecule has 1 aliphatic heterocycles. The molecule has 5 nitrogen and oxygen atoms in total. The van der Waals surface area contributed by atoms with Crippen LogP contribution in [0.5, 0.6) is 0 Å². The molecule has 5 heteroatoms. The molecule has 0 saturated carbocycles. The minimum absolute atomic E-state index is 0.149. The van der Waals surface area contributed by atoms with Crippen molar-refractivity contribution in [3.63, 3.8) is 0 Å². The third kappa shape index (κ3) is 3.20. The van der Waals surface area contributed by atoms with Gasteiger partial charge in [-0.3, -0.25) is 10.1 Å². The molecule has 0 amide bonds. The number of nitro benzene ring substituents is 1. The summed E-state index contributed by atoms with van der Waals surface area (Å²) in [6.45, 7) is 3.92. The Bertz CT molecular complexity index is 428. The van der Waals surface area contributed by atoms with E-state index in [1.807, 2.05) is 6.92 Å². The second-order valence-corrected chi connectivity index (χ2v) is 4.77. The van der Waals surface area contributed by atoms with Crippen LogP contribution < -0.4 is 10.6 Å². The lowest BCUT2D eigenvalue weighted by Gasteiger charge is -2.13. The molecule has 1 saturated heterocycles. The van der Waals surface area contributed by atoms with Crippen molar-refractivity contribution in [2.24, 2.45) is 0 Å². The Hall–Kier alpha value is -1.62. The van der Waals surface area contributed by atoms with Crippen molar-refractivity contribution in [1.82, 2.24) is 5.32 Å². The summed E-state index contributed by atoms with van der Waals surface area (Å²) in [7, 11) is 0. The quantitative estimate of drug-likeness (QED) is 0.621. The van der Waals surface area contributed by atoms with Crippen LogP contribution in [-0.2, 0) is 0 Å². The summed E-state index contributed by atoms with van der Waals surface area (Å²) in [5, 5.41) is 17.4. The van der Waals surface area contributed by atoms with Gasteiger partial charge in [-0.2, -0.15) is 0 Å². The number of non-ortho nitro benzene ring substituents is 1. The Morgan fingerprint density at radius 2 is 2.39 bits per heavy atom. The fourth-order valence-electron chi connectivity index (χ4n) is 2.34. The molecule has 18 heavy (non-hydrogen) atoms. The highest BCUT2D eigenvalue weighted by atomic mass is 16.6. The van der Waals surface area contributed by atoms with Crippen LogP contribution in [0.25, 0.3) is 0 Å². The first kappa shape index (κ1) is 12.8. The van der Waals surface area contributed by atoms with Crippen LogP contribution >= 0.6 is 0 Å². The molecule has 0 radical (unpaired) electrons. The van der Waals surface area contributed by atoms with Crippen LogP contribution in [0, 0.1) is 17.0 Å². The van der Waals surface area contributed by atoms with Crippen LogP contribution in [0.1, 0.15) is 24.8 Å². The zero-order chi connectivity index (χ0) is 13.0. The average Bonchev–Trinajstić information content (AvgIpc) is 2.84. The van der Waals surface area contributed by atoms with Gasteiger partial charge in [0, 0.05) is 30.4 Å². The van der Waals surface area contributed by atoms with Gasteiger partial charge in [-0.15, -0.1) is 0 Å². The van der Waals surface area contributed by atoms with E-state index in [1.165, 1.54) is 12.8 Å². The second-order valence-electron chi connectivity index (χ2n) is 4.77. The summed E-state index contributed by atoms with van der Waals surface area (Å²) in [4.78, 5) is 10.3. The number of rotatable bonds is 5. The molecule has 0 aliphatic carbocycles. The zero-order valence-corrected chi connectivity index (χ0v) is 10.6. The summed E-state index contributed by atoms with van der Waals surface area (Å²) < 4.78 is 0. The van der Waals surface area contributed by atoms with Crippen LogP contribution in [0.15, 0.2) is 18.2 Å². The summed E-state index contributed by atoms with van der Waals surface area (Å²) >= 11 is 0. The van der Waals surface area contributed by atoms with Gasteiger partial charge in [0.25, 0.3) is 5.69 Å². The minimum atomic E-state index is -0.362. The summed E-state index contributed by atoms with van der Waals surface area (Å²) in [5.74, 6) is 0. The predicted octanol–water partition coefficient (Wildman–Crippen LogP) is 2.46. The van der Waals surface area contributed by atoms with E-state index in [2.05, 4.69) is 10.6 Å². The standard InChI is InChI=1S/C13H19N3O2/c1-10-9-12(16(17)18)4-5-13(10)15-8-6-11-3-2-7-14-11/h4-5,9,11,14-15H,2-3,6-8H2,1H3/t11-/m0/s1. The van der Waals surface area contributed by atoms with Crippen molar-refractivity contribution in [3.8, 4) is 0 Å². The number of anilines is 1. The molecule has 0 bridgehead atoms. The van der Waals surface area contributed by atoms with E-state index in [0.717, 1.165) is 30.8 Å². The Labute approximate surface area is 107 Å². The van der Waals surface area contributed by atoms with Gasteiger partial charge < -0.3 is 10.6 Å². The number of nitrogens with one attached hydrogen (secondary N) is 2. The Balaban J connectivity index is 1.87. The largest absolute Gasteiger partial charge is 0.385 e. The fraction of sp³-hybridized carbons (Fsp3) is 0.538. The van der Waals surface area contributed by atoms with E-state index in [4.69, 9.17) is 0 Å². The molecule has 1 aliphatic rings. The lowest BCUT2D eigenvalue weighted by Crippen LogP contribution is -2.24. The third-order valence-corrected chi connectivity index (χ3v) is 3.39. The van der Waals surface area contributed by atoms with E-state index < -0.39 is 0 Å². The van der Waals surface area contributed by atoms with Gasteiger partial charge in [-0.25, -0.2) is 0 Å². The topological polar surface area (TPSA) is 67.2 Å². The van der Waals surface area contributed by atoms with Gasteiger partial charge in [0.05, 0.1) is 4.92 Å². The van der Waals surface area contributed by atoms with E-state index in [-0.39, 0.29) is 10.6 Å². The van der Waals surface area contributed by atoms with Crippen LogP contribution in [0.4, 0.5) is 11.4 Å². The summed E-state index contributed by atoms with van der Waals surface area (Å²) in [6, 6.07) is 5.56. The molecule has 1 fully saturated rings. The van der Waals surface area contributed by atoms with Crippen molar-refractivity contribution in [1.29, 1.82) is 0 Å². The molecule has 0 spiro atoms. The molecule has 2 rings (SSSR count). The molecule has 1 aromatic carbocycles. The third-order valence-electron chi connectivity index (χ3n) is 3.39. The molecule has 1 heterocycles. The van der Waals surface area contributed by atoms with Crippen LogP contribution in [-0.4, -0.2) is 24.1 Å². The normalized spacial score (nSPS) is 18.8. The average molecular weight is 249 g/mol. The number of hydrogen-bond donors (Lipinski definition) is 2. The van der Waals surface area contributed by atoms with Gasteiger partial charge in [0.2, 0.25) is 0 Å². The Morgan fingerprint density at radius 3 is 3.00 bits per heavy atom. The van der Waals surface area contributed by atoms with Crippen molar-refractivity contribution < 1.29 is 4.92 Å². The monoisotopic (exact) mass is 249 g/mol. The molecule has 2 N–H and O–H groups in total. The van der Waals surface area contributed by atoms with Crippen molar-refractivity contribution >= 4 is 11.4 Å². The SMILES string of the molecule is Cc1cc([N+](=O)[O-])ccc1NCC[C@@H]1CCCN1. The summed E-state index contributed by atoms with van der Waals surface area (Å²) in [6.07, 6.45) is 3.61. The van der Waals surface area contributed by atoms with Crippen LogP contribution in [0.3, 0.4) is 0 Å². The molecule has 1 aromatic rings. The number of nitro groups is 1. The molecule has 98 valence electrons. The highest BCUT2D eigenvalue weighted by molar-refractivity contribution is 5.55. The van der Waals surface area contributed by atoms with E-state index in [9.17, 15) is 10.1 Å². The van der Waals surface area contributed by atoms with Gasteiger partial charge in [0.1, 0.15) is 0 Å². The smallest absolute Gasteiger partial charge is 0.269 e. The van der Waals surface area contributed by atoms with Crippen LogP contribution in [0.2, 0.25) is 0 Å². The Kier molecular flexibility index (Phi) is 4.15. The van der Waals surface area contributed by atoms with Gasteiger partial charge >= 0.3 is 0 Å².